The lowest BCUT2D eigenvalue weighted by molar-refractivity contribution is -0.0690. The molecule has 0 aliphatic rings. The molecule has 0 aliphatic carbocycles. The molecular formula is C19H21N2O4+. The first kappa shape index (κ1) is 18.5. The molecule has 0 unspecified atom stereocenters. The van der Waals surface area contributed by atoms with Crippen molar-refractivity contribution in [3.8, 4) is 0 Å². The van der Waals surface area contributed by atoms with E-state index < -0.39 is 12.0 Å². The van der Waals surface area contributed by atoms with Crippen LogP contribution < -0.4 is 0 Å². The highest BCUT2D eigenvalue weighted by molar-refractivity contribution is 5.14. The van der Waals surface area contributed by atoms with E-state index in [2.05, 4.69) is 4.98 Å². The SMILES string of the molecule is N#[N+]/C=C(/O)OC(COCc1ccccc1)COCc1ccccc1. The molecule has 6 heteroatoms. The van der Waals surface area contributed by atoms with Gasteiger partial charge in [-0.2, -0.15) is 0 Å². The first-order valence-electron chi connectivity index (χ1n) is 7.91. The molecule has 0 saturated heterocycles. The number of nitrogens with zero attached hydrogens (tertiary/aromatic N) is 2. The summed E-state index contributed by atoms with van der Waals surface area (Å²) in [4.78, 5) is 2.73. The Kier molecular flexibility index (Phi) is 7.98. The number of aliphatic hydroxyl groups is 1. The van der Waals surface area contributed by atoms with E-state index in [-0.39, 0.29) is 13.2 Å². The smallest absolute Gasteiger partial charge is 0.429 e. The Labute approximate surface area is 146 Å². The average Bonchev–Trinajstić information content (AvgIpc) is 2.63. The van der Waals surface area contributed by atoms with Gasteiger partial charge in [-0.1, -0.05) is 60.7 Å². The standard InChI is InChI=1S/C19H20N2O4/c20-21-11-19(22)25-18(14-23-12-16-7-3-1-4-8-16)15-24-13-17-9-5-2-6-10-17/h1-11,18H,12-15H2/p+1/b19-11-. The summed E-state index contributed by atoms with van der Waals surface area (Å²) in [5.41, 5.74) is 2.08. The van der Waals surface area contributed by atoms with Gasteiger partial charge >= 0.3 is 12.1 Å². The molecule has 0 aromatic heterocycles. The topological polar surface area (TPSA) is 76.1 Å². The molecule has 2 aromatic rings. The minimum Gasteiger partial charge on any atom is -0.476 e. The summed E-state index contributed by atoms with van der Waals surface area (Å²) in [6.45, 7) is 1.28. The number of hydrogen-bond donors (Lipinski definition) is 1. The lowest BCUT2D eigenvalue weighted by Crippen LogP contribution is -2.25. The van der Waals surface area contributed by atoms with Crippen molar-refractivity contribution in [2.24, 2.45) is 0 Å². The lowest BCUT2D eigenvalue weighted by atomic mass is 10.2. The third-order valence-electron chi connectivity index (χ3n) is 3.29. The summed E-state index contributed by atoms with van der Waals surface area (Å²) in [6, 6.07) is 19.5. The second-order valence-corrected chi connectivity index (χ2v) is 5.32. The summed E-state index contributed by atoms with van der Waals surface area (Å²) >= 11 is 0. The average molecular weight is 341 g/mol. The van der Waals surface area contributed by atoms with E-state index in [0.29, 0.717) is 13.2 Å². The number of ether oxygens (including phenoxy) is 3. The van der Waals surface area contributed by atoms with Crippen LogP contribution in [0.1, 0.15) is 11.1 Å². The molecule has 0 radical (unpaired) electrons. The van der Waals surface area contributed by atoms with Gasteiger partial charge in [-0.3, -0.25) is 0 Å². The highest BCUT2D eigenvalue weighted by atomic mass is 16.6. The van der Waals surface area contributed by atoms with E-state index in [0.717, 1.165) is 17.3 Å². The molecule has 2 rings (SSSR count). The first-order chi connectivity index (χ1) is 12.3. The van der Waals surface area contributed by atoms with E-state index in [9.17, 15) is 5.11 Å². The molecular weight excluding hydrogens is 320 g/mol. The predicted molar refractivity (Wildman–Crippen MR) is 92.9 cm³/mol. The van der Waals surface area contributed by atoms with E-state index in [1.54, 1.807) is 0 Å². The summed E-state index contributed by atoms with van der Waals surface area (Å²) < 4.78 is 16.5. The van der Waals surface area contributed by atoms with Crippen molar-refractivity contribution in [2.45, 2.75) is 19.3 Å². The molecule has 0 spiro atoms. The van der Waals surface area contributed by atoms with Gasteiger partial charge in [0.05, 0.1) is 26.4 Å². The first-order valence-corrected chi connectivity index (χ1v) is 7.91. The number of benzene rings is 2. The van der Waals surface area contributed by atoms with Gasteiger partial charge in [0, 0.05) is 0 Å². The summed E-state index contributed by atoms with van der Waals surface area (Å²) in [7, 11) is 0. The van der Waals surface area contributed by atoms with Crippen LogP contribution in [0.15, 0.2) is 72.8 Å². The van der Waals surface area contributed by atoms with Crippen LogP contribution >= 0.6 is 0 Å². The van der Waals surface area contributed by atoms with Gasteiger partial charge in [0.25, 0.3) is 0 Å². The molecule has 0 bridgehead atoms. The zero-order valence-corrected chi connectivity index (χ0v) is 13.8. The molecule has 1 N–H and O–H groups in total. The Hall–Kier alpha value is -2.88. The van der Waals surface area contributed by atoms with Crippen molar-refractivity contribution in [1.82, 2.24) is 0 Å². The highest BCUT2D eigenvalue weighted by Gasteiger charge is 2.15. The van der Waals surface area contributed by atoms with Crippen LogP contribution in [0.25, 0.3) is 4.98 Å². The van der Waals surface area contributed by atoms with Crippen molar-refractivity contribution in [3.63, 3.8) is 0 Å². The van der Waals surface area contributed by atoms with Crippen LogP contribution in [-0.2, 0) is 27.4 Å². The molecule has 0 atom stereocenters. The molecule has 0 fully saturated rings. The van der Waals surface area contributed by atoms with Crippen LogP contribution in [0.2, 0.25) is 0 Å². The second kappa shape index (κ2) is 10.8. The van der Waals surface area contributed by atoms with Crippen LogP contribution in [0, 0.1) is 5.39 Å². The number of rotatable bonds is 10. The van der Waals surface area contributed by atoms with Crippen molar-refractivity contribution < 1.29 is 19.3 Å². The van der Waals surface area contributed by atoms with Crippen molar-refractivity contribution in [3.05, 3.63) is 88.9 Å². The third-order valence-corrected chi connectivity index (χ3v) is 3.29. The van der Waals surface area contributed by atoms with Crippen molar-refractivity contribution >= 4 is 0 Å². The summed E-state index contributed by atoms with van der Waals surface area (Å²) in [5, 5.41) is 18.0. The fourth-order valence-electron chi connectivity index (χ4n) is 2.13. The van der Waals surface area contributed by atoms with E-state index in [1.807, 2.05) is 60.7 Å². The van der Waals surface area contributed by atoms with Gasteiger partial charge in [0.15, 0.2) is 4.98 Å². The number of aliphatic hydroxyl groups excluding tert-OH is 1. The maximum Gasteiger partial charge on any atom is 0.429 e. The summed E-state index contributed by atoms with van der Waals surface area (Å²) in [6.07, 6.45) is 0.270. The highest BCUT2D eigenvalue weighted by Crippen LogP contribution is 2.07. The molecule has 25 heavy (non-hydrogen) atoms. The molecule has 130 valence electrons. The Balaban J connectivity index is 1.81. The van der Waals surface area contributed by atoms with E-state index >= 15 is 0 Å². The minimum absolute atomic E-state index is 0.215. The van der Waals surface area contributed by atoms with Gasteiger partial charge < -0.3 is 19.3 Å². The van der Waals surface area contributed by atoms with E-state index in [4.69, 9.17) is 19.6 Å². The molecule has 0 amide bonds. The molecule has 0 heterocycles. The van der Waals surface area contributed by atoms with Crippen molar-refractivity contribution in [2.75, 3.05) is 13.2 Å². The zero-order valence-electron chi connectivity index (χ0n) is 13.8. The lowest BCUT2D eigenvalue weighted by Gasteiger charge is -2.17. The van der Waals surface area contributed by atoms with Crippen LogP contribution in [-0.4, -0.2) is 24.4 Å². The van der Waals surface area contributed by atoms with Gasteiger partial charge in [-0.15, -0.1) is 0 Å². The monoisotopic (exact) mass is 341 g/mol. The molecule has 0 saturated carbocycles. The Morgan fingerprint density at radius 1 is 0.920 bits per heavy atom. The third kappa shape index (κ3) is 7.48. The largest absolute Gasteiger partial charge is 0.476 e. The zero-order chi connectivity index (χ0) is 17.7. The fourth-order valence-corrected chi connectivity index (χ4v) is 2.13. The fraction of sp³-hybridized carbons (Fsp3) is 0.263. The normalized spacial score (nSPS) is 11.3. The Bertz CT molecular complexity index is 638. The number of hydrogen-bond acceptors (Lipinski definition) is 5. The molecule has 2 aromatic carbocycles. The van der Waals surface area contributed by atoms with Gasteiger partial charge in [-0.25, -0.2) is 0 Å². The Morgan fingerprint density at radius 3 is 1.84 bits per heavy atom. The molecule has 0 aliphatic heterocycles. The van der Waals surface area contributed by atoms with Gasteiger partial charge in [0.1, 0.15) is 6.10 Å². The van der Waals surface area contributed by atoms with Gasteiger partial charge in [-0.05, 0) is 11.1 Å². The maximum absolute atomic E-state index is 9.53. The van der Waals surface area contributed by atoms with E-state index in [1.165, 1.54) is 0 Å². The van der Waals surface area contributed by atoms with Crippen LogP contribution in [0.4, 0.5) is 0 Å². The predicted octanol–water partition coefficient (Wildman–Crippen LogP) is 4.02. The van der Waals surface area contributed by atoms with Crippen LogP contribution in [0.5, 0.6) is 0 Å². The summed E-state index contributed by atoms with van der Waals surface area (Å²) in [5.74, 6) is -0.501. The van der Waals surface area contributed by atoms with Crippen LogP contribution in [0.3, 0.4) is 0 Å². The maximum atomic E-state index is 9.53. The van der Waals surface area contributed by atoms with Crippen molar-refractivity contribution in [1.29, 1.82) is 5.39 Å². The number of diazo groups is 1. The Morgan fingerprint density at radius 2 is 1.40 bits per heavy atom. The van der Waals surface area contributed by atoms with Gasteiger partial charge in [0.2, 0.25) is 5.39 Å². The quantitative estimate of drug-likeness (QED) is 0.522. The molecule has 6 nitrogen and oxygen atoms in total. The second-order valence-electron chi connectivity index (χ2n) is 5.32. The minimum atomic E-state index is -0.537.